The maximum atomic E-state index is 15.0. The van der Waals surface area contributed by atoms with Crippen LogP contribution in [0.2, 0.25) is 0 Å². The van der Waals surface area contributed by atoms with E-state index in [4.69, 9.17) is 9.72 Å². The van der Waals surface area contributed by atoms with E-state index in [0.717, 1.165) is 5.56 Å². The number of rotatable bonds is 9. The summed E-state index contributed by atoms with van der Waals surface area (Å²) in [5.41, 5.74) is 2.77. The zero-order chi connectivity index (χ0) is 27.4. The maximum absolute atomic E-state index is 15.0. The third-order valence-electron chi connectivity index (χ3n) is 5.41. The Morgan fingerprint density at radius 1 is 1.19 bits per heavy atom. The highest BCUT2D eigenvalue weighted by Gasteiger charge is 2.17. The van der Waals surface area contributed by atoms with Gasteiger partial charge in [0.1, 0.15) is 22.6 Å². The highest BCUT2D eigenvalue weighted by molar-refractivity contribution is 5.73. The van der Waals surface area contributed by atoms with Crippen molar-refractivity contribution in [3.05, 3.63) is 72.2 Å². The van der Waals surface area contributed by atoms with Crippen LogP contribution >= 0.6 is 0 Å². The van der Waals surface area contributed by atoms with Gasteiger partial charge in [-0.3, -0.25) is 9.67 Å². The molecule has 0 aliphatic heterocycles. The molecule has 0 aromatic carbocycles. The summed E-state index contributed by atoms with van der Waals surface area (Å²) in [5.74, 6) is -0.0789. The van der Waals surface area contributed by atoms with Gasteiger partial charge < -0.3 is 14.4 Å². The number of pyridine rings is 1. The Morgan fingerprint density at radius 3 is 2.54 bits per heavy atom. The molecule has 3 rings (SSSR count). The van der Waals surface area contributed by atoms with E-state index in [-0.39, 0.29) is 5.41 Å². The van der Waals surface area contributed by atoms with Gasteiger partial charge in [-0.25, -0.2) is 14.4 Å². The number of nitrogens with zero attached hydrogens (tertiary/aromatic N) is 6. The number of aliphatic hydroxyl groups is 1. The quantitative estimate of drug-likeness (QED) is 0.312. The van der Waals surface area contributed by atoms with Crippen LogP contribution in [-0.4, -0.2) is 42.1 Å². The summed E-state index contributed by atoms with van der Waals surface area (Å²) in [6.45, 7) is 16.4. The van der Waals surface area contributed by atoms with Crippen molar-refractivity contribution in [3.8, 4) is 11.3 Å². The fourth-order valence-corrected chi connectivity index (χ4v) is 3.72. The molecule has 0 saturated carbocycles. The standard InChI is InChI=1S/C28H37FN6O2/c1-9-20(12-19(2)37-8)22(29)14-31-25-11-10-23-26(35(25)17-27(3,4)5)33-24(15-30-23)21-13-32-34(16-21)18-28(6,7)36/h10-16,36H,2,9,17-18H2,1,3-8H3/b20-12-,22-14-,31-25?. The molecule has 9 heteroatoms. The topological polar surface area (TPSA) is 90.4 Å². The number of aromatic nitrogens is 5. The lowest BCUT2D eigenvalue weighted by molar-refractivity contribution is 0.0577. The summed E-state index contributed by atoms with van der Waals surface area (Å²) >= 11 is 0. The van der Waals surface area contributed by atoms with Gasteiger partial charge in [-0.05, 0) is 49.5 Å². The first-order valence-electron chi connectivity index (χ1n) is 12.2. The van der Waals surface area contributed by atoms with Crippen LogP contribution in [0.1, 0.15) is 48.0 Å². The van der Waals surface area contributed by atoms with Crippen LogP contribution in [0.4, 0.5) is 4.39 Å². The number of allylic oxidation sites excluding steroid dienone is 3. The van der Waals surface area contributed by atoms with Crippen LogP contribution in [0, 0.1) is 5.41 Å². The molecule has 0 unspecified atom stereocenters. The summed E-state index contributed by atoms with van der Waals surface area (Å²) in [6, 6.07) is 3.65. The van der Waals surface area contributed by atoms with Gasteiger partial charge >= 0.3 is 0 Å². The lowest BCUT2D eigenvalue weighted by atomic mass is 9.97. The first kappa shape index (κ1) is 28.0. The van der Waals surface area contributed by atoms with Crippen molar-refractivity contribution in [1.82, 2.24) is 24.3 Å². The first-order valence-corrected chi connectivity index (χ1v) is 12.2. The van der Waals surface area contributed by atoms with Gasteiger partial charge in [-0.1, -0.05) is 34.3 Å². The third-order valence-corrected chi connectivity index (χ3v) is 5.41. The van der Waals surface area contributed by atoms with Crippen molar-refractivity contribution in [2.45, 2.75) is 66.7 Å². The molecule has 0 aliphatic carbocycles. The van der Waals surface area contributed by atoms with Gasteiger partial charge in [-0.2, -0.15) is 5.10 Å². The van der Waals surface area contributed by atoms with E-state index >= 15 is 0 Å². The van der Waals surface area contributed by atoms with Gasteiger partial charge in [0.15, 0.2) is 5.65 Å². The molecule has 3 aromatic heterocycles. The number of hydrogen-bond acceptors (Lipinski definition) is 6. The van der Waals surface area contributed by atoms with Gasteiger partial charge in [0, 0.05) is 18.3 Å². The molecule has 37 heavy (non-hydrogen) atoms. The van der Waals surface area contributed by atoms with Crippen molar-refractivity contribution in [2.75, 3.05) is 7.11 Å². The maximum Gasteiger partial charge on any atom is 0.160 e. The summed E-state index contributed by atoms with van der Waals surface area (Å²) in [6.07, 6.45) is 8.50. The van der Waals surface area contributed by atoms with Crippen molar-refractivity contribution >= 4 is 11.2 Å². The Hall–Kier alpha value is -3.59. The molecule has 0 aliphatic rings. The molecule has 0 saturated heterocycles. The van der Waals surface area contributed by atoms with E-state index in [0.29, 0.717) is 53.2 Å². The van der Waals surface area contributed by atoms with Crippen LogP contribution in [0.25, 0.3) is 22.4 Å². The molecule has 8 nitrogen and oxygen atoms in total. The summed E-state index contributed by atoms with van der Waals surface area (Å²) in [4.78, 5) is 14.0. The van der Waals surface area contributed by atoms with Crippen molar-refractivity contribution in [3.63, 3.8) is 0 Å². The molecular formula is C28H37FN6O2. The Balaban J connectivity index is 2.14. The Kier molecular flexibility index (Phi) is 8.48. The van der Waals surface area contributed by atoms with Crippen LogP contribution in [0.5, 0.6) is 0 Å². The van der Waals surface area contributed by atoms with Crippen molar-refractivity contribution < 1.29 is 14.2 Å². The molecule has 0 atom stereocenters. The minimum Gasteiger partial charge on any atom is -0.497 e. The predicted octanol–water partition coefficient (Wildman–Crippen LogP) is 5.32. The van der Waals surface area contributed by atoms with Crippen molar-refractivity contribution in [1.29, 1.82) is 0 Å². The number of ether oxygens (including phenoxy) is 1. The van der Waals surface area contributed by atoms with Gasteiger partial charge in [-0.15, -0.1) is 0 Å². The highest BCUT2D eigenvalue weighted by Crippen LogP contribution is 2.22. The molecule has 0 bridgehead atoms. The van der Waals surface area contributed by atoms with Gasteiger partial charge in [0.2, 0.25) is 0 Å². The predicted molar refractivity (Wildman–Crippen MR) is 144 cm³/mol. The lowest BCUT2D eigenvalue weighted by Crippen LogP contribution is -2.28. The molecule has 0 spiro atoms. The van der Waals surface area contributed by atoms with Gasteiger partial charge in [0.25, 0.3) is 0 Å². The summed E-state index contributed by atoms with van der Waals surface area (Å²) in [5, 5.41) is 14.5. The highest BCUT2D eigenvalue weighted by atomic mass is 19.1. The normalized spacial score (nSPS) is 13.9. The number of fused-ring (bicyclic) bond motifs is 1. The molecule has 0 fully saturated rings. The minimum absolute atomic E-state index is 0.106. The summed E-state index contributed by atoms with van der Waals surface area (Å²) < 4.78 is 23.7. The second kappa shape index (κ2) is 11.2. The SMILES string of the molecule is C=C(/C=C(CC)\C(F)=C\N=c1ccc2ncc(-c3cnn(CC(C)(C)O)c3)nc2n1CC(C)(C)C)OC. The largest absolute Gasteiger partial charge is 0.497 e. The van der Waals surface area contributed by atoms with Crippen molar-refractivity contribution in [2.24, 2.45) is 10.4 Å². The molecule has 0 amide bonds. The smallest absolute Gasteiger partial charge is 0.160 e. The first-order chi connectivity index (χ1) is 17.3. The number of halogens is 1. The number of methoxy groups -OCH3 is 1. The van der Waals surface area contributed by atoms with Crippen LogP contribution < -0.4 is 5.49 Å². The molecule has 3 heterocycles. The van der Waals surface area contributed by atoms with E-state index in [1.54, 1.807) is 37.0 Å². The van der Waals surface area contributed by atoms with E-state index in [9.17, 15) is 9.50 Å². The Bertz CT molecular complexity index is 1400. The van der Waals surface area contributed by atoms with E-state index in [1.807, 2.05) is 29.8 Å². The van der Waals surface area contributed by atoms with E-state index in [1.165, 1.54) is 13.3 Å². The fraction of sp³-hybridized carbons (Fsp3) is 0.429. The second-order valence-electron chi connectivity index (χ2n) is 10.8. The Morgan fingerprint density at radius 2 is 1.92 bits per heavy atom. The molecule has 198 valence electrons. The minimum atomic E-state index is -0.892. The molecular weight excluding hydrogens is 471 g/mol. The van der Waals surface area contributed by atoms with E-state index < -0.39 is 11.4 Å². The lowest BCUT2D eigenvalue weighted by Gasteiger charge is -2.21. The average Bonchev–Trinajstić information content (AvgIpc) is 3.27. The molecule has 1 N–H and O–H groups in total. The van der Waals surface area contributed by atoms with Crippen LogP contribution in [0.15, 0.2) is 71.7 Å². The third kappa shape index (κ3) is 7.69. The molecule has 0 radical (unpaired) electrons. The zero-order valence-corrected chi connectivity index (χ0v) is 22.8. The monoisotopic (exact) mass is 508 g/mol. The number of hydrogen-bond donors (Lipinski definition) is 1. The van der Waals surface area contributed by atoms with Crippen LogP contribution in [-0.2, 0) is 17.8 Å². The Labute approximate surface area is 217 Å². The summed E-state index contributed by atoms with van der Waals surface area (Å²) in [7, 11) is 1.50. The van der Waals surface area contributed by atoms with E-state index in [2.05, 4.69) is 42.4 Å². The second-order valence-corrected chi connectivity index (χ2v) is 10.8. The average molecular weight is 509 g/mol. The fourth-order valence-electron chi connectivity index (χ4n) is 3.72. The molecule has 3 aromatic rings. The van der Waals surface area contributed by atoms with Gasteiger partial charge in [0.05, 0.1) is 43.5 Å². The zero-order valence-electron chi connectivity index (χ0n) is 22.8. The van der Waals surface area contributed by atoms with Crippen LogP contribution in [0.3, 0.4) is 0 Å².